The van der Waals surface area contributed by atoms with Gasteiger partial charge in [-0.15, -0.1) is 0 Å². The largest absolute Gasteiger partial charge is 0.480 e. The summed E-state index contributed by atoms with van der Waals surface area (Å²) < 4.78 is 5.85. The Labute approximate surface area is 121 Å². The fourth-order valence-corrected chi connectivity index (χ4v) is 2.34. The number of benzene rings is 1. The molecule has 0 saturated carbocycles. The first-order chi connectivity index (χ1) is 9.44. The van der Waals surface area contributed by atoms with Crippen LogP contribution < -0.4 is 4.74 Å². The van der Waals surface area contributed by atoms with Crippen LogP contribution in [0.15, 0.2) is 12.1 Å². The molecule has 1 aromatic rings. The third kappa shape index (κ3) is 3.73. The molecule has 4 heteroatoms. The SMILES string of the molecule is CCN(CC)C(=O)C(C)Oc1c(C)cc(CO)cc1C. The van der Waals surface area contributed by atoms with Crippen molar-refractivity contribution in [2.45, 2.75) is 47.3 Å². The van der Waals surface area contributed by atoms with Gasteiger partial charge in [0.15, 0.2) is 6.10 Å². The molecule has 1 aromatic carbocycles. The number of aryl methyl sites for hydroxylation is 2. The van der Waals surface area contributed by atoms with E-state index < -0.39 is 6.10 Å². The number of nitrogens with zero attached hydrogens (tertiary/aromatic N) is 1. The number of likely N-dealkylation sites (N-methyl/N-ethyl adjacent to an activating group) is 1. The Bertz CT molecular complexity index is 444. The van der Waals surface area contributed by atoms with E-state index in [1.165, 1.54) is 0 Å². The minimum absolute atomic E-state index is 0.0000322. The highest BCUT2D eigenvalue weighted by atomic mass is 16.5. The summed E-state index contributed by atoms with van der Waals surface area (Å²) >= 11 is 0. The van der Waals surface area contributed by atoms with Crippen molar-refractivity contribution in [1.29, 1.82) is 0 Å². The van der Waals surface area contributed by atoms with Crippen LogP contribution in [0.3, 0.4) is 0 Å². The first-order valence-corrected chi connectivity index (χ1v) is 7.10. The Balaban J connectivity index is 2.90. The summed E-state index contributed by atoms with van der Waals surface area (Å²) in [6, 6.07) is 3.77. The predicted molar refractivity (Wildman–Crippen MR) is 79.9 cm³/mol. The van der Waals surface area contributed by atoms with E-state index in [1.54, 1.807) is 11.8 Å². The maximum Gasteiger partial charge on any atom is 0.263 e. The van der Waals surface area contributed by atoms with Gasteiger partial charge < -0.3 is 14.7 Å². The van der Waals surface area contributed by atoms with Gasteiger partial charge in [0.1, 0.15) is 5.75 Å². The normalized spacial score (nSPS) is 12.1. The molecule has 1 rings (SSSR count). The number of carbonyl (C=O) groups excluding carboxylic acids is 1. The minimum Gasteiger partial charge on any atom is -0.480 e. The summed E-state index contributed by atoms with van der Waals surface area (Å²) in [7, 11) is 0. The lowest BCUT2D eigenvalue weighted by atomic mass is 10.1. The van der Waals surface area contributed by atoms with E-state index in [1.807, 2.05) is 39.8 Å². The Hall–Kier alpha value is -1.55. The van der Waals surface area contributed by atoms with Crippen LogP contribution in [0.4, 0.5) is 0 Å². The molecule has 0 radical (unpaired) electrons. The van der Waals surface area contributed by atoms with Crippen LogP contribution in [0.2, 0.25) is 0 Å². The number of ether oxygens (including phenoxy) is 1. The number of carbonyl (C=O) groups is 1. The molecule has 0 fully saturated rings. The molecule has 0 aromatic heterocycles. The van der Waals surface area contributed by atoms with Crippen LogP contribution >= 0.6 is 0 Å². The summed E-state index contributed by atoms with van der Waals surface area (Å²) in [5.74, 6) is 0.732. The summed E-state index contributed by atoms with van der Waals surface area (Å²) in [4.78, 5) is 14.0. The van der Waals surface area contributed by atoms with Crippen molar-refractivity contribution < 1.29 is 14.6 Å². The fraction of sp³-hybridized carbons (Fsp3) is 0.562. The molecule has 1 N–H and O–H groups in total. The first-order valence-electron chi connectivity index (χ1n) is 7.10. The summed E-state index contributed by atoms with van der Waals surface area (Å²) in [5, 5.41) is 9.18. The van der Waals surface area contributed by atoms with E-state index in [-0.39, 0.29) is 12.5 Å². The highest BCUT2D eigenvalue weighted by molar-refractivity contribution is 5.81. The van der Waals surface area contributed by atoms with Crippen LogP contribution in [0.1, 0.15) is 37.5 Å². The van der Waals surface area contributed by atoms with Gasteiger partial charge >= 0.3 is 0 Å². The minimum atomic E-state index is -0.507. The molecular weight excluding hydrogens is 254 g/mol. The molecule has 20 heavy (non-hydrogen) atoms. The van der Waals surface area contributed by atoms with Gasteiger partial charge in [-0.05, 0) is 51.3 Å². The zero-order valence-corrected chi connectivity index (χ0v) is 13.1. The zero-order valence-electron chi connectivity index (χ0n) is 13.1. The van der Waals surface area contributed by atoms with Gasteiger partial charge in [-0.1, -0.05) is 12.1 Å². The van der Waals surface area contributed by atoms with Gasteiger partial charge in [0.05, 0.1) is 6.61 Å². The Morgan fingerprint density at radius 2 is 1.75 bits per heavy atom. The Morgan fingerprint density at radius 1 is 1.25 bits per heavy atom. The monoisotopic (exact) mass is 279 g/mol. The lowest BCUT2D eigenvalue weighted by molar-refractivity contribution is -0.137. The van der Waals surface area contributed by atoms with Crippen molar-refractivity contribution in [1.82, 2.24) is 4.90 Å². The Morgan fingerprint density at radius 3 is 2.15 bits per heavy atom. The molecule has 1 unspecified atom stereocenters. The molecule has 1 atom stereocenters. The number of aliphatic hydroxyl groups excluding tert-OH is 1. The molecule has 0 aliphatic heterocycles. The second kappa shape index (κ2) is 7.29. The fourth-order valence-electron chi connectivity index (χ4n) is 2.34. The van der Waals surface area contributed by atoms with Crippen molar-refractivity contribution >= 4 is 5.91 Å². The van der Waals surface area contributed by atoms with Crippen LogP contribution in [-0.4, -0.2) is 35.1 Å². The van der Waals surface area contributed by atoms with Gasteiger partial charge in [0, 0.05) is 13.1 Å². The second-order valence-corrected chi connectivity index (χ2v) is 4.99. The molecule has 1 amide bonds. The third-order valence-corrected chi connectivity index (χ3v) is 3.42. The van der Waals surface area contributed by atoms with E-state index in [4.69, 9.17) is 4.74 Å². The van der Waals surface area contributed by atoms with Crippen molar-refractivity contribution in [3.8, 4) is 5.75 Å². The molecule has 0 aliphatic carbocycles. The quantitative estimate of drug-likeness (QED) is 0.870. The Kier molecular flexibility index (Phi) is 6.02. The second-order valence-electron chi connectivity index (χ2n) is 4.99. The lowest BCUT2D eigenvalue weighted by Gasteiger charge is -2.24. The average Bonchev–Trinajstić information content (AvgIpc) is 2.43. The number of aliphatic hydroxyl groups is 1. The van der Waals surface area contributed by atoms with Gasteiger partial charge in [-0.25, -0.2) is 0 Å². The van der Waals surface area contributed by atoms with Gasteiger partial charge in [-0.2, -0.15) is 0 Å². The molecular formula is C16H25NO3. The van der Waals surface area contributed by atoms with E-state index in [9.17, 15) is 9.90 Å². The highest BCUT2D eigenvalue weighted by Crippen LogP contribution is 2.26. The van der Waals surface area contributed by atoms with Gasteiger partial charge in [0.2, 0.25) is 0 Å². The zero-order chi connectivity index (χ0) is 15.3. The summed E-state index contributed by atoms with van der Waals surface area (Å²) in [6.45, 7) is 10.9. The highest BCUT2D eigenvalue weighted by Gasteiger charge is 2.21. The van der Waals surface area contributed by atoms with Crippen molar-refractivity contribution in [2.75, 3.05) is 13.1 Å². The number of hydrogen-bond donors (Lipinski definition) is 1. The van der Waals surface area contributed by atoms with Crippen LogP contribution in [0.25, 0.3) is 0 Å². The van der Waals surface area contributed by atoms with E-state index in [0.29, 0.717) is 13.1 Å². The van der Waals surface area contributed by atoms with E-state index in [0.717, 1.165) is 22.4 Å². The molecule has 0 saturated heterocycles. The summed E-state index contributed by atoms with van der Waals surface area (Å²) in [6.07, 6.45) is -0.507. The van der Waals surface area contributed by atoms with E-state index >= 15 is 0 Å². The molecule has 112 valence electrons. The third-order valence-electron chi connectivity index (χ3n) is 3.42. The number of rotatable bonds is 6. The molecule has 4 nitrogen and oxygen atoms in total. The number of hydrogen-bond acceptors (Lipinski definition) is 3. The van der Waals surface area contributed by atoms with Crippen LogP contribution in [-0.2, 0) is 11.4 Å². The van der Waals surface area contributed by atoms with Crippen LogP contribution in [0, 0.1) is 13.8 Å². The van der Waals surface area contributed by atoms with E-state index in [2.05, 4.69) is 0 Å². The smallest absolute Gasteiger partial charge is 0.263 e. The maximum absolute atomic E-state index is 12.2. The topological polar surface area (TPSA) is 49.8 Å². The van der Waals surface area contributed by atoms with Crippen molar-refractivity contribution in [3.63, 3.8) is 0 Å². The van der Waals surface area contributed by atoms with Gasteiger partial charge in [-0.3, -0.25) is 4.79 Å². The standard InChI is InChI=1S/C16H25NO3/c1-6-17(7-2)16(19)13(5)20-15-11(3)8-14(10-18)9-12(15)4/h8-9,13,18H,6-7,10H2,1-5H3. The first kappa shape index (κ1) is 16.5. The lowest BCUT2D eigenvalue weighted by Crippen LogP contribution is -2.40. The number of amides is 1. The van der Waals surface area contributed by atoms with Crippen molar-refractivity contribution in [3.05, 3.63) is 28.8 Å². The predicted octanol–water partition coefficient (Wildman–Crippen LogP) is 2.43. The molecule has 0 spiro atoms. The maximum atomic E-state index is 12.2. The average molecular weight is 279 g/mol. The summed E-state index contributed by atoms with van der Waals surface area (Å²) in [5.41, 5.74) is 2.73. The molecule has 0 bridgehead atoms. The molecule has 0 aliphatic rings. The van der Waals surface area contributed by atoms with Crippen molar-refractivity contribution in [2.24, 2.45) is 0 Å². The molecule has 0 heterocycles. The van der Waals surface area contributed by atoms with Gasteiger partial charge in [0.25, 0.3) is 5.91 Å². The van der Waals surface area contributed by atoms with Crippen LogP contribution in [0.5, 0.6) is 5.75 Å².